The van der Waals surface area contributed by atoms with E-state index >= 15 is 0 Å². The van der Waals surface area contributed by atoms with E-state index in [-0.39, 0.29) is 0 Å². The van der Waals surface area contributed by atoms with Gasteiger partial charge >= 0.3 is 0 Å². The molecule has 4 aliphatic carbocycles. The van der Waals surface area contributed by atoms with E-state index < -0.39 is 0 Å². The van der Waals surface area contributed by atoms with Gasteiger partial charge in [-0.15, -0.1) is 0 Å². The Balaban J connectivity index is 0.000000115. The van der Waals surface area contributed by atoms with Gasteiger partial charge in [0.1, 0.15) is 0 Å². The fourth-order valence-electron chi connectivity index (χ4n) is 4.70. The summed E-state index contributed by atoms with van der Waals surface area (Å²) in [5.41, 5.74) is 1.41. The minimum absolute atomic E-state index is 1.14. The lowest BCUT2D eigenvalue weighted by Crippen LogP contribution is -2.38. The number of benzene rings is 1. The van der Waals surface area contributed by atoms with Gasteiger partial charge in [-0.2, -0.15) is 0 Å². The lowest BCUT2D eigenvalue weighted by Gasteiger charge is -2.49. The van der Waals surface area contributed by atoms with Crippen molar-refractivity contribution >= 4 is 0 Å². The maximum absolute atomic E-state index is 2.16. The molecule has 0 spiro atoms. The maximum atomic E-state index is 2.16. The quantitative estimate of drug-likeness (QED) is 0.644. The van der Waals surface area contributed by atoms with E-state index in [9.17, 15) is 0 Å². The molecule has 0 nitrogen and oxygen atoms in total. The third-order valence-electron chi connectivity index (χ3n) is 5.25. The van der Waals surface area contributed by atoms with Crippen LogP contribution in [0.1, 0.15) is 51.0 Å². The Labute approximate surface area is 112 Å². The molecular formula is C18H26. The fraction of sp³-hybridized carbons (Fsp3) is 0.667. The smallest absolute Gasteiger partial charge is 0.0307 e. The van der Waals surface area contributed by atoms with E-state index in [1.54, 1.807) is 38.5 Å². The minimum Gasteiger partial charge on any atom is -0.0622 e. The molecule has 0 N–H and O–H groups in total. The normalized spacial score (nSPS) is 36.1. The molecule has 0 atom stereocenters. The molecule has 98 valence electrons. The molecule has 0 heteroatoms. The second-order valence-electron chi connectivity index (χ2n) is 6.72. The summed E-state index contributed by atoms with van der Waals surface area (Å²) >= 11 is 0. The maximum Gasteiger partial charge on any atom is -0.0307 e. The number of aryl methyl sites for hydroxylation is 1. The van der Waals surface area contributed by atoms with Gasteiger partial charge in [-0.25, -0.2) is 0 Å². The molecule has 0 aromatic heterocycles. The van der Waals surface area contributed by atoms with Gasteiger partial charge in [-0.05, 0) is 74.2 Å². The van der Waals surface area contributed by atoms with Gasteiger partial charge in [0.2, 0.25) is 0 Å². The molecule has 0 saturated heterocycles. The summed E-state index contributed by atoms with van der Waals surface area (Å²) in [5.74, 6) is 4.71. The van der Waals surface area contributed by atoms with Gasteiger partial charge in [-0.1, -0.05) is 37.3 Å². The molecule has 4 aliphatic rings. The predicted molar refractivity (Wildman–Crippen MR) is 77.5 cm³/mol. The molecule has 0 amide bonds. The third-order valence-corrected chi connectivity index (χ3v) is 5.25. The molecule has 1 aromatic rings. The van der Waals surface area contributed by atoms with Crippen molar-refractivity contribution < 1.29 is 0 Å². The highest BCUT2D eigenvalue weighted by Crippen LogP contribution is 2.53. The van der Waals surface area contributed by atoms with Gasteiger partial charge in [-0.3, -0.25) is 0 Å². The van der Waals surface area contributed by atoms with Crippen LogP contribution in [0.2, 0.25) is 0 Å². The summed E-state index contributed by atoms with van der Waals surface area (Å²) in [4.78, 5) is 0. The lowest BCUT2D eigenvalue weighted by molar-refractivity contribution is 0.0198. The van der Waals surface area contributed by atoms with E-state index in [0.717, 1.165) is 6.42 Å². The highest BCUT2D eigenvalue weighted by atomic mass is 14.5. The van der Waals surface area contributed by atoms with Crippen molar-refractivity contribution in [1.82, 2.24) is 0 Å². The number of hydrogen-bond acceptors (Lipinski definition) is 0. The monoisotopic (exact) mass is 242 g/mol. The van der Waals surface area contributed by atoms with Crippen molar-refractivity contribution in [2.24, 2.45) is 23.7 Å². The fourth-order valence-corrected chi connectivity index (χ4v) is 4.70. The van der Waals surface area contributed by atoms with Crippen LogP contribution in [0, 0.1) is 23.7 Å². The predicted octanol–water partition coefficient (Wildman–Crippen LogP) is 5.08. The molecule has 18 heavy (non-hydrogen) atoms. The Bertz CT molecular complexity index is 308. The molecule has 4 bridgehead atoms. The molecule has 0 heterocycles. The van der Waals surface area contributed by atoms with Gasteiger partial charge in [0.05, 0.1) is 0 Å². The van der Waals surface area contributed by atoms with E-state index in [0.29, 0.717) is 0 Å². The Morgan fingerprint density at radius 3 is 1.39 bits per heavy atom. The van der Waals surface area contributed by atoms with Crippen LogP contribution in [0.5, 0.6) is 0 Å². The van der Waals surface area contributed by atoms with Gasteiger partial charge in [0.25, 0.3) is 0 Å². The lowest BCUT2D eigenvalue weighted by atomic mass is 9.56. The topological polar surface area (TPSA) is 0 Å². The summed E-state index contributed by atoms with van der Waals surface area (Å²) in [6.45, 7) is 2.16. The van der Waals surface area contributed by atoms with Crippen molar-refractivity contribution in [3.8, 4) is 0 Å². The summed E-state index contributed by atoms with van der Waals surface area (Å²) in [6.07, 6.45) is 10.8. The molecule has 5 rings (SSSR count). The first-order chi connectivity index (χ1) is 8.83. The molecule has 0 radical (unpaired) electrons. The van der Waals surface area contributed by atoms with Crippen molar-refractivity contribution in [2.75, 3.05) is 0 Å². The van der Waals surface area contributed by atoms with Crippen molar-refractivity contribution in [3.63, 3.8) is 0 Å². The first-order valence-corrected chi connectivity index (χ1v) is 7.87. The third kappa shape index (κ3) is 2.79. The van der Waals surface area contributed by atoms with Crippen LogP contribution in [-0.4, -0.2) is 0 Å². The standard InChI is InChI=1S/C10H16.C8H10/c1-7-2-9-4-8(1)5-10(3-7)6-9;1-2-8-6-4-3-5-7-8/h7-10H,1-6H2;3-7H,2H2,1H3. The summed E-state index contributed by atoms with van der Waals surface area (Å²) in [6, 6.07) is 10.5. The van der Waals surface area contributed by atoms with Crippen molar-refractivity contribution in [2.45, 2.75) is 51.9 Å². The van der Waals surface area contributed by atoms with Gasteiger partial charge in [0, 0.05) is 0 Å². The van der Waals surface area contributed by atoms with E-state index in [4.69, 9.17) is 0 Å². The van der Waals surface area contributed by atoms with Crippen LogP contribution < -0.4 is 0 Å². The summed E-state index contributed by atoms with van der Waals surface area (Å²) < 4.78 is 0. The van der Waals surface area contributed by atoms with Crippen LogP contribution in [-0.2, 0) is 6.42 Å². The SMILES string of the molecule is C1C2CC3CC1CC(C2)C3.CCc1ccccc1. The van der Waals surface area contributed by atoms with Crippen LogP contribution in [0.4, 0.5) is 0 Å². The Morgan fingerprint density at radius 1 is 0.722 bits per heavy atom. The Kier molecular flexibility index (Phi) is 3.72. The van der Waals surface area contributed by atoms with Gasteiger partial charge in [0.15, 0.2) is 0 Å². The van der Waals surface area contributed by atoms with Crippen LogP contribution in [0.3, 0.4) is 0 Å². The van der Waals surface area contributed by atoms with Crippen LogP contribution >= 0.6 is 0 Å². The average Bonchev–Trinajstić information content (AvgIpc) is 2.39. The summed E-state index contributed by atoms with van der Waals surface area (Å²) in [7, 11) is 0. The zero-order valence-corrected chi connectivity index (χ0v) is 11.6. The van der Waals surface area contributed by atoms with Crippen molar-refractivity contribution in [1.29, 1.82) is 0 Å². The molecule has 1 aromatic carbocycles. The first kappa shape index (κ1) is 12.3. The van der Waals surface area contributed by atoms with E-state index in [2.05, 4.69) is 31.2 Å². The second-order valence-corrected chi connectivity index (χ2v) is 6.72. The molecule has 4 fully saturated rings. The molecular weight excluding hydrogens is 216 g/mol. The number of hydrogen-bond donors (Lipinski definition) is 0. The van der Waals surface area contributed by atoms with Crippen molar-refractivity contribution in [3.05, 3.63) is 35.9 Å². The molecule has 4 saturated carbocycles. The second kappa shape index (κ2) is 5.47. The minimum atomic E-state index is 1.14. The first-order valence-electron chi connectivity index (χ1n) is 7.87. The zero-order chi connectivity index (χ0) is 12.4. The zero-order valence-electron chi connectivity index (χ0n) is 11.6. The molecule has 0 unspecified atom stereocenters. The molecule has 0 aliphatic heterocycles. The van der Waals surface area contributed by atoms with Crippen LogP contribution in [0.15, 0.2) is 30.3 Å². The Morgan fingerprint density at radius 2 is 1.11 bits per heavy atom. The largest absolute Gasteiger partial charge is 0.0622 e. The van der Waals surface area contributed by atoms with Gasteiger partial charge < -0.3 is 0 Å². The van der Waals surface area contributed by atoms with Crippen LogP contribution in [0.25, 0.3) is 0 Å². The highest BCUT2D eigenvalue weighted by molar-refractivity contribution is 5.13. The average molecular weight is 242 g/mol. The number of rotatable bonds is 1. The van der Waals surface area contributed by atoms with E-state index in [1.807, 2.05) is 6.07 Å². The Hall–Kier alpha value is -0.780. The summed E-state index contributed by atoms with van der Waals surface area (Å²) in [5, 5.41) is 0. The van der Waals surface area contributed by atoms with E-state index in [1.165, 1.54) is 29.2 Å². The highest BCUT2D eigenvalue weighted by Gasteiger charge is 2.41.